The van der Waals surface area contributed by atoms with Crippen LogP contribution in [0.2, 0.25) is 0 Å². The highest BCUT2D eigenvalue weighted by atomic mass is 16.4. The number of hydrogen-bond donors (Lipinski definition) is 8. The molecule has 0 aromatic heterocycles. The van der Waals surface area contributed by atoms with Crippen molar-refractivity contribution in [3.8, 4) is 0 Å². The van der Waals surface area contributed by atoms with Crippen LogP contribution in [0.25, 0.3) is 0 Å². The Morgan fingerprint density at radius 1 is 0.684 bits per heavy atom. The minimum absolute atomic E-state index is 0.0365. The lowest BCUT2D eigenvalue weighted by atomic mass is 9.95. The van der Waals surface area contributed by atoms with E-state index < -0.39 is 77.9 Å². The van der Waals surface area contributed by atoms with Crippen LogP contribution in [-0.4, -0.2) is 87.3 Å². The summed E-state index contributed by atoms with van der Waals surface area (Å²) in [4.78, 5) is 63.0. The Morgan fingerprint density at radius 2 is 1.13 bits per heavy atom. The molecule has 0 aliphatic carbocycles. The maximum atomic E-state index is 13.2. The third-order valence-corrected chi connectivity index (χ3v) is 6.25. The number of carboxylic acids is 1. The van der Waals surface area contributed by atoms with Crippen molar-refractivity contribution in [2.75, 3.05) is 0 Å². The lowest BCUT2D eigenvalue weighted by molar-refractivity contribution is -0.143. The molecule has 220 valence electrons. The van der Waals surface area contributed by atoms with Gasteiger partial charge in [0.2, 0.25) is 23.6 Å². The number of carbonyl (C=O) groups is 5. The monoisotopic (exact) mass is 545 g/mol. The average molecular weight is 546 g/mol. The van der Waals surface area contributed by atoms with Gasteiger partial charge in [-0.3, -0.25) is 19.2 Å². The maximum Gasteiger partial charge on any atom is 0.326 e. The summed E-state index contributed by atoms with van der Waals surface area (Å²) in [5.41, 5.74) is 5.68. The van der Waals surface area contributed by atoms with E-state index in [1.54, 1.807) is 34.6 Å². The van der Waals surface area contributed by atoms with Gasteiger partial charge in [-0.1, -0.05) is 48.0 Å². The first kappa shape index (κ1) is 35.2. The Kier molecular flexibility index (Phi) is 15.1. The number of carbonyl (C=O) groups excluding carboxylic acids is 4. The minimum Gasteiger partial charge on any atom is -0.480 e. The molecule has 8 atom stereocenters. The zero-order valence-electron chi connectivity index (χ0n) is 23.6. The van der Waals surface area contributed by atoms with Crippen molar-refractivity contribution >= 4 is 29.6 Å². The van der Waals surface area contributed by atoms with Gasteiger partial charge in [-0.05, 0) is 38.0 Å². The Hall–Kier alpha value is -2.77. The topological polar surface area (TPSA) is 220 Å². The van der Waals surface area contributed by atoms with Crippen LogP contribution in [0.3, 0.4) is 0 Å². The quantitative estimate of drug-likeness (QED) is 0.117. The van der Waals surface area contributed by atoms with E-state index in [1.165, 1.54) is 13.8 Å². The van der Waals surface area contributed by atoms with Crippen molar-refractivity contribution in [3.63, 3.8) is 0 Å². The normalized spacial score (nSPS) is 17.8. The zero-order valence-corrected chi connectivity index (χ0v) is 23.6. The molecule has 0 aliphatic heterocycles. The molecule has 13 heteroatoms. The van der Waals surface area contributed by atoms with E-state index in [1.807, 2.05) is 6.92 Å². The standard InChI is InChI=1S/C25H47N5O8/c1-9-13(6)19(29-21(33)17(26)14(7)31)23(35)28-18(12(4)5)22(34)30-20(15(8)32)24(36)27-16(25(37)38)10-11(2)3/h11-20,31-32H,9-10,26H2,1-8H3,(H,27,36)(H,28,35)(H,29,33)(H,30,34)(H,37,38)/t13-,14+,15+,16-,17-,18-,19-,20-/m0/s1. The molecule has 0 rings (SSSR count). The van der Waals surface area contributed by atoms with E-state index in [-0.39, 0.29) is 18.3 Å². The molecule has 0 unspecified atom stereocenters. The highest BCUT2D eigenvalue weighted by Gasteiger charge is 2.36. The van der Waals surface area contributed by atoms with Gasteiger partial charge < -0.3 is 42.3 Å². The predicted octanol–water partition coefficient (Wildman–Crippen LogP) is -1.15. The van der Waals surface area contributed by atoms with Gasteiger partial charge in [0.15, 0.2) is 0 Å². The average Bonchev–Trinajstić information content (AvgIpc) is 2.81. The van der Waals surface area contributed by atoms with Crippen LogP contribution >= 0.6 is 0 Å². The van der Waals surface area contributed by atoms with E-state index >= 15 is 0 Å². The lowest BCUT2D eigenvalue weighted by Gasteiger charge is -2.30. The minimum atomic E-state index is -1.48. The lowest BCUT2D eigenvalue weighted by Crippen LogP contribution is -2.62. The van der Waals surface area contributed by atoms with Gasteiger partial charge in [0.25, 0.3) is 0 Å². The summed E-state index contributed by atoms with van der Waals surface area (Å²) in [6.45, 7) is 13.1. The second-order valence-electron chi connectivity index (χ2n) is 10.6. The third kappa shape index (κ3) is 11.3. The molecular formula is C25H47N5O8. The molecular weight excluding hydrogens is 498 g/mol. The molecule has 0 spiro atoms. The summed E-state index contributed by atoms with van der Waals surface area (Å²) in [7, 11) is 0. The Balaban J connectivity index is 5.74. The Labute approximate surface area is 224 Å². The molecule has 0 aromatic rings. The first-order valence-electron chi connectivity index (χ1n) is 13.0. The fourth-order valence-corrected chi connectivity index (χ4v) is 3.55. The predicted molar refractivity (Wildman–Crippen MR) is 140 cm³/mol. The number of amides is 4. The first-order chi connectivity index (χ1) is 17.4. The molecule has 38 heavy (non-hydrogen) atoms. The molecule has 0 saturated carbocycles. The van der Waals surface area contributed by atoms with Gasteiger partial charge in [0.1, 0.15) is 30.2 Å². The van der Waals surface area contributed by atoms with Crippen molar-refractivity contribution < 1.29 is 39.3 Å². The van der Waals surface area contributed by atoms with Crippen LogP contribution in [0.1, 0.15) is 68.2 Å². The van der Waals surface area contributed by atoms with E-state index in [0.29, 0.717) is 6.42 Å². The highest BCUT2D eigenvalue weighted by Crippen LogP contribution is 2.12. The van der Waals surface area contributed by atoms with Gasteiger partial charge >= 0.3 is 5.97 Å². The van der Waals surface area contributed by atoms with Crippen LogP contribution in [-0.2, 0) is 24.0 Å². The highest BCUT2D eigenvalue weighted by molar-refractivity contribution is 5.95. The van der Waals surface area contributed by atoms with Crippen molar-refractivity contribution in [2.24, 2.45) is 23.5 Å². The Morgan fingerprint density at radius 3 is 1.53 bits per heavy atom. The number of nitrogens with one attached hydrogen (secondary N) is 4. The van der Waals surface area contributed by atoms with Gasteiger partial charge in [-0.15, -0.1) is 0 Å². The molecule has 0 heterocycles. The van der Waals surface area contributed by atoms with Crippen LogP contribution < -0.4 is 27.0 Å². The van der Waals surface area contributed by atoms with Gasteiger partial charge in [-0.2, -0.15) is 0 Å². The molecule has 4 amide bonds. The van der Waals surface area contributed by atoms with Crippen LogP contribution in [0.5, 0.6) is 0 Å². The molecule has 0 saturated heterocycles. The number of carboxylic acid groups (broad SMARTS) is 1. The SMILES string of the molecule is CC[C@H](C)[C@H](NC(=O)[C@@H](N)[C@@H](C)O)C(=O)N[C@H](C(=O)N[C@H](C(=O)N[C@@H](CC(C)C)C(=O)O)[C@@H](C)O)C(C)C. The van der Waals surface area contributed by atoms with Crippen molar-refractivity contribution in [2.45, 2.75) is 111 Å². The molecule has 0 aromatic carbocycles. The molecule has 9 N–H and O–H groups in total. The van der Waals surface area contributed by atoms with Crippen LogP contribution in [0, 0.1) is 17.8 Å². The zero-order chi connectivity index (χ0) is 29.9. The first-order valence-corrected chi connectivity index (χ1v) is 13.0. The van der Waals surface area contributed by atoms with Gasteiger partial charge in [0, 0.05) is 0 Å². The van der Waals surface area contributed by atoms with Crippen LogP contribution in [0.15, 0.2) is 0 Å². The number of aliphatic hydroxyl groups excluding tert-OH is 2. The fraction of sp³-hybridized carbons (Fsp3) is 0.800. The molecule has 0 bridgehead atoms. The summed E-state index contributed by atoms with van der Waals surface area (Å²) in [5.74, 6) is -5.15. The van der Waals surface area contributed by atoms with E-state index in [2.05, 4.69) is 21.3 Å². The number of aliphatic carboxylic acids is 1. The third-order valence-electron chi connectivity index (χ3n) is 6.25. The van der Waals surface area contributed by atoms with Crippen molar-refractivity contribution in [1.29, 1.82) is 0 Å². The molecule has 0 radical (unpaired) electrons. The van der Waals surface area contributed by atoms with Crippen molar-refractivity contribution in [3.05, 3.63) is 0 Å². The number of aliphatic hydroxyl groups is 2. The second-order valence-corrected chi connectivity index (χ2v) is 10.6. The largest absolute Gasteiger partial charge is 0.480 e. The van der Waals surface area contributed by atoms with Crippen molar-refractivity contribution in [1.82, 2.24) is 21.3 Å². The second kappa shape index (κ2) is 16.2. The summed E-state index contributed by atoms with van der Waals surface area (Å²) in [6.07, 6.45) is -1.86. The smallest absolute Gasteiger partial charge is 0.326 e. The molecule has 13 nitrogen and oxygen atoms in total. The Bertz CT molecular complexity index is 818. The number of rotatable bonds is 16. The van der Waals surface area contributed by atoms with E-state index in [9.17, 15) is 39.3 Å². The summed E-state index contributed by atoms with van der Waals surface area (Å²) in [6, 6.07) is -6.17. The van der Waals surface area contributed by atoms with Gasteiger partial charge in [0.05, 0.1) is 12.2 Å². The summed E-state index contributed by atoms with van der Waals surface area (Å²) >= 11 is 0. The summed E-state index contributed by atoms with van der Waals surface area (Å²) in [5, 5.41) is 39.1. The molecule has 0 fully saturated rings. The van der Waals surface area contributed by atoms with E-state index in [0.717, 1.165) is 0 Å². The van der Waals surface area contributed by atoms with Gasteiger partial charge in [-0.25, -0.2) is 4.79 Å². The maximum absolute atomic E-state index is 13.2. The number of hydrogen-bond acceptors (Lipinski definition) is 8. The fourth-order valence-electron chi connectivity index (χ4n) is 3.55. The number of nitrogens with two attached hydrogens (primary N) is 1. The summed E-state index contributed by atoms with van der Waals surface area (Å²) < 4.78 is 0. The molecule has 0 aliphatic rings. The van der Waals surface area contributed by atoms with E-state index in [4.69, 9.17) is 5.73 Å². The van der Waals surface area contributed by atoms with Crippen LogP contribution in [0.4, 0.5) is 0 Å².